The van der Waals surface area contributed by atoms with Crippen LogP contribution in [0.5, 0.6) is 0 Å². The first-order valence-corrected chi connectivity index (χ1v) is 5.06. The Kier molecular flexibility index (Phi) is 4.02. The van der Waals surface area contributed by atoms with E-state index >= 15 is 0 Å². The van der Waals surface area contributed by atoms with Gasteiger partial charge in [0, 0.05) is 5.88 Å². The van der Waals surface area contributed by atoms with Gasteiger partial charge in [-0.1, -0.05) is 6.07 Å². The van der Waals surface area contributed by atoms with Crippen LogP contribution in [0.2, 0.25) is 0 Å². The summed E-state index contributed by atoms with van der Waals surface area (Å²) in [4.78, 5) is 0. The van der Waals surface area contributed by atoms with Gasteiger partial charge in [-0.25, -0.2) is 4.39 Å². The van der Waals surface area contributed by atoms with Gasteiger partial charge in [-0.2, -0.15) is 0 Å². The van der Waals surface area contributed by atoms with E-state index in [1.54, 1.807) is 6.07 Å². The van der Waals surface area contributed by atoms with E-state index in [0.29, 0.717) is 10.4 Å². The van der Waals surface area contributed by atoms with Gasteiger partial charge in [0.1, 0.15) is 5.82 Å². The fourth-order valence-corrected chi connectivity index (χ4v) is 1.35. The van der Waals surface area contributed by atoms with Crippen molar-refractivity contribution >= 4 is 27.5 Å². The predicted molar refractivity (Wildman–Crippen MR) is 53.1 cm³/mol. The molecule has 1 aromatic carbocycles. The molecule has 12 heavy (non-hydrogen) atoms. The first-order chi connectivity index (χ1) is 5.74. The van der Waals surface area contributed by atoms with Crippen LogP contribution in [-0.4, -0.2) is 5.88 Å². The maximum absolute atomic E-state index is 12.9. The molecule has 0 amide bonds. The largest absolute Gasteiger partial charge is 0.206 e. The van der Waals surface area contributed by atoms with Gasteiger partial charge in [-0.15, -0.1) is 11.6 Å². The van der Waals surface area contributed by atoms with Crippen molar-refractivity contribution in [3.05, 3.63) is 34.1 Å². The van der Waals surface area contributed by atoms with Crippen molar-refractivity contribution in [1.29, 1.82) is 0 Å². The molecule has 0 saturated heterocycles. The van der Waals surface area contributed by atoms with E-state index in [4.69, 9.17) is 11.6 Å². The molecule has 0 saturated carbocycles. The van der Waals surface area contributed by atoms with Crippen molar-refractivity contribution < 1.29 is 4.39 Å². The second-order valence-electron chi connectivity index (χ2n) is 2.54. The summed E-state index contributed by atoms with van der Waals surface area (Å²) in [6, 6.07) is 5.16. The standard InChI is InChI=1S/C9H9BrClF/c10-8-4-3-7(2-1-5-11)6-9(8)12/h3-4,6H,1-2,5H2. The van der Waals surface area contributed by atoms with Crippen molar-refractivity contribution in [2.24, 2.45) is 0 Å². The number of aryl methyl sites for hydroxylation is 1. The smallest absolute Gasteiger partial charge is 0.137 e. The van der Waals surface area contributed by atoms with Gasteiger partial charge < -0.3 is 0 Å². The summed E-state index contributed by atoms with van der Waals surface area (Å²) in [7, 11) is 0. The average molecular weight is 252 g/mol. The third kappa shape index (κ3) is 2.76. The molecule has 1 rings (SSSR count). The zero-order valence-corrected chi connectivity index (χ0v) is 8.83. The molecule has 3 heteroatoms. The third-order valence-electron chi connectivity index (χ3n) is 1.58. The topological polar surface area (TPSA) is 0 Å². The van der Waals surface area contributed by atoms with Crippen LogP contribution in [-0.2, 0) is 6.42 Å². The van der Waals surface area contributed by atoms with Crippen LogP contribution < -0.4 is 0 Å². The van der Waals surface area contributed by atoms with Gasteiger partial charge in [0.15, 0.2) is 0 Å². The Morgan fingerprint density at radius 3 is 2.75 bits per heavy atom. The van der Waals surface area contributed by atoms with E-state index in [1.807, 2.05) is 6.07 Å². The van der Waals surface area contributed by atoms with Crippen LogP contribution in [0.4, 0.5) is 4.39 Å². The molecule has 0 aliphatic heterocycles. The zero-order valence-electron chi connectivity index (χ0n) is 6.49. The number of halogens is 3. The Morgan fingerprint density at radius 2 is 2.17 bits per heavy atom. The SMILES string of the molecule is Fc1cc(CCCCl)ccc1Br. The molecule has 0 spiro atoms. The van der Waals surface area contributed by atoms with Crippen LogP contribution in [0.3, 0.4) is 0 Å². The molecule has 0 heterocycles. The van der Waals surface area contributed by atoms with Crippen molar-refractivity contribution in [2.75, 3.05) is 5.88 Å². The van der Waals surface area contributed by atoms with Crippen LogP contribution in [0.1, 0.15) is 12.0 Å². The molecule has 0 fully saturated rings. The Morgan fingerprint density at radius 1 is 1.42 bits per heavy atom. The van der Waals surface area contributed by atoms with E-state index in [0.717, 1.165) is 18.4 Å². The van der Waals surface area contributed by atoms with Gasteiger partial charge in [-0.05, 0) is 46.5 Å². The highest BCUT2D eigenvalue weighted by molar-refractivity contribution is 9.10. The van der Waals surface area contributed by atoms with Crippen LogP contribution in [0.15, 0.2) is 22.7 Å². The molecular weight excluding hydrogens is 242 g/mol. The summed E-state index contributed by atoms with van der Waals surface area (Å²) in [6.07, 6.45) is 1.73. The highest BCUT2D eigenvalue weighted by Crippen LogP contribution is 2.17. The molecule has 0 unspecified atom stereocenters. The highest BCUT2D eigenvalue weighted by Gasteiger charge is 1.99. The van der Waals surface area contributed by atoms with Gasteiger partial charge in [0.05, 0.1) is 4.47 Å². The van der Waals surface area contributed by atoms with Crippen molar-refractivity contribution in [3.63, 3.8) is 0 Å². The Labute approximate surface area is 84.9 Å². The van der Waals surface area contributed by atoms with Crippen molar-refractivity contribution in [1.82, 2.24) is 0 Å². The first kappa shape index (κ1) is 10.0. The minimum absolute atomic E-state index is 0.206. The van der Waals surface area contributed by atoms with Crippen LogP contribution >= 0.6 is 27.5 Å². The van der Waals surface area contributed by atoms with Crippen molar-refractivity contribution in [2.45, 2.75) is 12.8 Å². The zero-order chi connectivity index (χ0) is 8.97. The lowest BCUT2D eigenvalue weighted by atomic mass is 10.1. The number of benzene rings is 1. The molecule has 66 valence electrons. The summed E-state index contributed by atoms with van der Waals surface area (Å²) in [5.41, 5.74) is 0.997. The summed E-state index contributed by atoms with van der Waals surface area (Å²) in [5, 5.41) is 0. The monoisotopic (exact) mass is 250 g/mol. The quantitative estimate of drug-likeness (QED) is 0.718. The first-order valence-electron chi connectivity index (χ1n) is 3.74. The maximum atomic E-state index is 12.9. The third-order valence-corrected chi connectivity index (χ3v) is 2.49. The lowest BCUT2D eigenvalue weighted by molar-refractivity contribution is 0.618. The average Bonchev–Trinajstić information content (AvgIpc) is 2.07. The molecule has 0 nitrogen and oxygen atoms in total. The second kappa shape index (κ2) is 4.83. The van der Waals surface area contributed by atoms with E-state index in [2.05, 4.69) is 15.9 Å². The number of alkyl halides is 1. The fraction of sp³-hybridized carbons (Fsp3) is 0.333. The summed E-state index contributed by atoms with van der Waals surface area (Å²) in [6.45, 7) is 0. The van der Waals surface area contributed by atoms with Gasteiger partial charge in [-0.3, -0.25) is 0 Å². The molecule has 0 aliphatic carbocycles. The molecule has 0 N–H and O–H groups in total. The van der Waals surface area contributed by atoms with E-state index in [9.17, 15) is 4.39 Å². The minimum Gasteiger partial charge on any atom is -0.206 e. The lowest BCUT2D eigenvalue weighted by Gasteiger charge is -2.00. The predicted octanol–water partition coefficient (Wildman–Crippen LogP) is 3.76. The highest BCUT2D eigenvalue weighted by atomic mass is 79.9. The normalized spacial score (nSPS) is 10.2. The van der Waals surface area contributed by atoms with Gasteiger partial charge in [0.2, 0.25) is 0 Å². The summed E-state index contributed by atoms with van der Waals surface area (Å²) >= 11 is 8.62. The lowest BCUT2D eigenvalue weighted by Crippen LogP contribution is -1.88. The second-order valence-corrected chi connectivity index (χ2v) is 3.77. The van der Waals surface area contributed by atoms with Crippen LogP contribution in [0, 0.1) is 5.82 Å². The molecule has 0 aliphatic rings. The van der Waals surface area contributed by atoms with Crippen LogP contribution in [0.25, 0.3) is 0 Å². The number of rotatable bonds is 3. The maximum Gasteiger partial charge on any atom is 0.137 e. The van der Waals surface area contributed by atoms with E-state index < -0.39 is 0 Å². The minimum atomic E-state index is -0.206. The van der Waals surface area contributed by atoms with Gasteiger partial charge >= 0.3 is 0 Å². The Bertz CT molecular complexity index is 263. The van der Waals surface area contributed by atoms with E-state index in [1.165, 1.54) is 6.07 Å². The van der Waals surface area contributed by atoms with Gasteiger partial charge in [0.25, 0.3) is 0 Å². The molecule has 0 atom stereocenters. The fourth-order valence-electron chi connectivity index (χ4n) is 0.966. The number of hydrogen-bond donors (Lipinski definition) is 0. The summed E-state index contributed by atoms with van der Waals surface area (Å²) < 4.78 is 13.4. The molecule has 0 aromatic heterocycles. The molecule has 0 bridgehead atoms. The molecular formula is C9H9BrClF. The molecule has 0 radical (unpaired) electrons. The Balaban J connectivity index is 2.69. The summed E-state index contributed by atoms with van der Waals surface area (Å²) in [5.74, 6) is 0.416. The Hall–Kier alpha value is -0.0800. The van der Waals surface area contributed by atoms with E-state index in [-0.39, 0.29) is 5.82 Å². The molecule has 1 aromatic rings. The number of hydrogen-bond acceptors (Lipinski definition) is 0. The van der Waals surface area contributed by atoms with Crippen molar-refractivity contribution in [3.8, 4) is 0 Å².